The lowest BCUT2D eigenvalue weighted by Crippen LogP contribution is -2.00. The number of halogens is 2. The van der Waals surface area contributed by atoms with Crippen molar-refractivity contribution >= 4 is 40.2 Å². The minimum absolute atomic E-state index is 0.195. The summed E-state index contributed by atoms with van der Waals surface area (Å²) in [5.41, 5.74) is 3.58. The minimum Gasteiger partial charge on any atom is -0.478 e. The topological polar surface area (TPSA) is 86.2 Å². The van der Waals surface area contributed by atoms with Gasteiger partial charge >= 0.3 is 5.97 Å². The second-order valence-electron chi connectivity index (χ2n) is 6.31. The van der Waals surface area contributed by atoms with Crippen molar-refractivity contribution in [2.75, 3.05) is 0 Å². The highest BCUT2D eigenvalue weighted by Crippen LogP contribution is 2.31. The summed E-state index contributed by atoms with van der Waals surface area (Å²) in [7, 11) is 0. The van der Waals surface area contributed by atoms with E-state index in [1.165, 1.54) is 6.07 Å². The van der Waals surface area contributed by atoms with Gasteiger partial charge in [0.15, 0.2) is 0 Å². The Labute approximate surface area is 170 Å². The van der Waals surface area contributed by atoms with Crippen LogP contribution in [0.5, 0.6) is 0 Å². The Morgan fingerprint density at radius 1 is 1.00 bits per heavy atom. The molecule has 1 aromatic heterocycles. The zero-order valence-corrected chi connectivity index (χ0v) is 15.9. The van der Waals surface area contributed by atoms with Crippen LogP contribution in [0.25, 0.3) is 22.4 Å². The molecule has 0 saturated heterocycles. The number of imidazole rings is 1. The van der Waals surface area contributed by atoms with Gasteiger partial charge in [0.05, 0.1) is 16.6 Å². The summed E-state index contributed by atoms with van der Waals surface area (Å²) < 4.78 is 0. The molecule has 0 aliphatic carbocycles. The van der Waals surface area contributed by atoms with Crippen molar-refractivity contribution in [2.24, 2.45) is 0 Å². The van der Waals surface area contributed by atoms with Gasteiger partial charge < -0.3 is 15.2 Å². The molecule has 4 rings (SSSR count). The molecule has 7 heteroatoms. The summed E-state index contributed by atoms with van der Waals surface area (Å²) in [4.78, 5) is 18.7. The summed E-state index contributed by atoms with van der Waals surface area (Å²) in [6.45, 7) is 0. The maximum atomic E-state index is 11.1. The van der Waals surface area contributed by atoms with E-state index in [0.717, 1.165) is 5.56 Å². The zero-order valence-electron chi connectivity index (χ0n) is 14.4. The maximum absolute atomic E-state index is 11.1. The van der Waals surface area contributed by atoms with Gasteiger partial charge in [-0.2, -0.15) is 0 Å². The van der Waals surface area contributed by atoms with Crippen LogP contribution >= 0.6 is 23.2 Å². The molecule has 28 heavy (non-hydrogen) atoms. The molecule has 1 heterocycles. The molecule has 1 unspecified atom stereocenters. The van der Waals surface area contributed by atoms with E-state index in [0.29, 0.717) is 38.0 Å². The molecule has 0 saturated carbocycles. The number of hydrogen-bond donors (Lipinski definition) is 3. The number of H-pyrrole nitrogens is 1. The van der Waals surface area contributed by atoms with Gasteiger partial charge in [0, 0.05) is 21.2 Å². The Morgan fingerprint density at radius 2 is 1.75 bits per heavy atom. The van der Waals surface area contributed by atoms with Gasteiger partial charge in [-0.3, -0.25) is 0 Å². The van der Waals surface area contributed by atoms with E-state index in [-0.39, 0.29) is 5.56 Å². The quantitative estimate of drug-likeness (QED) is 0.423. The van der Waals surface area contributed by atoms with Crippen molar-refractivity contribution in [3.8, 4) is 11.4 Å². The molecule has 0 fully saturated rings. The van der Waals surface area contributed by atoms with Crippen molar-refractivity contribution in [3.63, 3.8) is 0 Å². The minimum atomic E-state index is -0.989. The molecular formula is C21H14Cl2N2O3. The van der Waals surface area contributed by atoms with Crippen molar-refractivity contribution in [2.45, 2.75) is 6.10 Å². The third-order valence-electron chi connectivity index (χ3n) is 4.49. The number of aliphatic hydroxyl groups is 1. The predicted molar refractivity (Wildman–Crippen MR) is 109 cm³/mol. The van der Waals surface area contributed by atoms with Crippen LogP contribution in [0.4, 0.5) is 0 Å². The van der Waals surface area contributed by atoms with Crippen molar-refractivity contribution < 1.29 is 15.0 Å². The molecule has 1 atom stereocenters. The molecule has 0 amide bonds. The van der Waals surface area contributed by atoms with Gasteiger partial charge in [0.1, 0.15) is 11.9 Å². The number of carboxylic acid groups (broad SMARTS) is 1. The van der Waals surface area contributed by atoms with E-state index in [4.69, 9.17) is 28.3 Å². The van der Waals surface area contributed by atoms with Crippen molar-refractivity contribution in [1.82, 2.24) is 9.97 Å². The van der Waals surface area contributed by atoms with Crippen LogP contribution in [-0.2, 0) is 0 Å². The lowest BCUT2D eigenvalue weighted by Gasteiger charge is -2.13. The van der Waals surface area contributed by atoms with Gasteiger partial charge in [0.2, 0.25) is 0 Å². The number of carboxylic acids is 1. The first kappa shape index (κ1) is 18.5. The fourth-order valence-corrected chi connectivity index (χ4v) is 3.52. The van der Waals surface area contributed by atoms with Crippen LogP contribution < -0.4 is 0 Å². The molecule has 5 nitrogen and oxygen atoms in total. The van der Waals surface area contributed by atoms with Crippen molar-refractivity contribution in [3.05, 3.63) is 87.4 Å². The number of hydrogen-bond acceptors (Lipinski definition) is 3. The molecule has 0 aliphatic rings. The van der Waals surface area contributed by atoms with Crippen LogP contribution in [0, 0.1) is 0 Å². The zero-order chi connectivity index (χ0) is 19.8. The summed E-state index contributed by atoms with van der Waals surface area (Å²) in [5.74, 6) is -0.375. The van der Waals surface area contributed by atoms with E-state index in [1.807, 2.05) is 12.1 Å². The van der Waals surface area contributed by atoms with Gasteiger partial charge in [0.25, 0.3) is 0 Å². The average molecular weight is 413 g/mol. The molecule has 3 N–H and O–H groups in total. The Bertz CT molecular complexity index is 1190. The van der Waals surface area contributed by atoms with E-state index in [9.17, 15) is 9.90 Å². The number of aliphatic hydroxyl groups excluding tert-OH is 1. The van der Waals surface area contributed by atoms with Crippen molar-refractivity contribution in [1.29, 1.82) is 0 Å². The third kappa shape index (κ3) is 3.47. The number of nitrogens with one attached hydrogen (secondary N) is 1. The Balaban J connectivity index is 1.64. The van der Waals surface area contributed by atoms with Crippen LogP contribution in [0.1, 0.15) is 27.6 Å². The van der Waals surface area contributed by atoms with E-state index in [1.54, 1.807) is 42.5 Å². The largest absolute Gasteiger partial charge is 0.478 e. The van der Waals surface area contributed by atoms with E-state index >= 15 is 0 Å². The van der Waals surface area contributed by atoms with Crippen LogP contribution in [0.3, 0.4) is 0 Å². The molecule has 0 bridgehead atoms. The second-order valence-corrected chi connectivity index (χ2v) is 7.16. The Hall–Kier alpha value is -2.86. The van der Waals surface area contributed by atoms with Crippen LogP contribution in [0.2, 0.25) is 10.0 Å². The number of fused-ring (bicyclic) bond motifs is 1. The molecule has 4 aromatic rings. The smallest absolute Gasteiger partial charge is 0.335 e. The van der Waals surface area contributed by atoms with Crippen LogP contribution in [0.15, 0.2) is 60.7 Å². The normalized spacial score (nSPS) is 12.2. The first-order valence-electron chi connectivity index (χ1n) is 8.39. The number of rotatable bonds is 4. The molecule has 140 valence electrons. The lowest BCUT2D eigenvalue weighted by atomic mass is 10.0. The monoisotopic (exact) mass is 412 g/mol. The van der Waals surface area contributed by atoms with Gasteiger partial charge in [-0.1, -0.05) is 53.5 Å². The average Bonchev–Trinajstić information content (AvgIpc) is 3.11. The fraction of sp³-hybridized carbons (Fsp3) is 0.0476. The van der Waals surface area contributed by atoms with Gasteiger partial charge in [-0.25, -0.2) is 9.78 Å². The number of benzene rings is 3. The number of nitrogens with zero attached hydrogens (tertiary/aromatic N) is 1. The van der Waals surface area contributed by atoms with E-state index in [2.05, 4.69) is 9.97 Å². The Kier molecular flexibility index (Phi) is 4.81. The number of aromatic carboxylic acids is 1. The summed E-state index contributed by atoms with van der Waals surface area (Å²) in [6, 6.07) is 17.0. The standard InChI is InChI=1S/C21H14Cl2N2O3/c22-14-6-7-15(16(23)10-14)19(26)11-1-3-12(4-2-11)20-24-17-8-5-13(21(27)28)9-18(17)25-20/h1-10,19,26H,(H,24,25)(H,27,28). The summed E-state index contributed by atoms with van der Waals surface area (Å²) >= 11 is 12.1. The molecule has 3 aromatic carbocycles. The summed E-state index contributed by atoms with van der Waals surface area (Å²) in [5, 5.41) is 20.6. The highest BCUT2D eigenvalue weighted by Gasteiger charge is 2.15. The first-order valence-corrected chi connectivity index (χ1v) is 9.14. The van der Waals surface area contributed by atoms with Gasteiger partial charge in [-0.05, 0) is 35.9 Å². The fourth-order valence-electron chi connectivity index (χ4n) is 3.01. The molecule has 0 radical (unpaired) electrons. The second kappa shape index (κ2) is 7.28. The SMILES string of the molecule is O=C(O)c1ccc2nc(-c3ccc(C(O)c4ccc(Cl)cc4Cl)cc3)[nH]c2c1. The Morgan fingerprint density at radius 3 is 2.43 bits per heavy atom. The number of carbonyl (C=O) groups is 1. The number of aromatic nitrogens is 2. The molecule has 0 aliphatic heterocycles. The maximum Gasteiger partial charge on any atom is 0.335 e. The first-order chi connectivity index (χ1) is 13.4. The van der Waals surface area contributed by atoms with Gasteiger partial charge in [-0.15, -0.1) is 0 Å². The highest BCUT2D eigenvalue weighted by atomic mass is 35.5. The third-order valence-corrected chi connectivity index (χ3v) is 5.05. The molecular weight excluding hydrogens is 399 g/mol. The number of aromatic amines is 1. The summed E-state index contributed by atoms with van der Waals surface area (Å²) in [6.07, 6.45) is -0.882. The lowest BCUT2D eigenvalue weighted by molar-refractivity contribution is 0.0697. The predicted octanol–water partition coefficient (Wildman–Crippen LogP) is 5.32. The van der Waals surface area contributed by atoms with E-state index < -0.39 is 12.1 Å². The highest BCUT2D eigenvalue weighted by molar-refractivity contribution is 6.35. The molecule has 0 spiro atoms. The van der Waals surface area contributed by atoms with Crippen LogP contribution in [-0.4, -0.2) is 26.2 Å².